The molecule has 1 saturated heterocycles. The number of carbonyl (C=O) groups is 2. The number of hydrogen-bond donors (Lipinski definition) is 2. The van der Waals surface area contributed by atoms with Crippen LogP contribution in [0.3, 0.4) is 0 Å². The number of rotatable bonds is 3. The van der Waals surface area contributed by atoms with E-state index in [2.05, 4.69) is 5.32 Å². The van der Waals surface area contributed by atoms with Crippen molar-refractivity contribution in [2.45, 2.75) is 39.3 Å². The molecular weight excluding hydrogens is 318 g/mol. The molecule has 0 aliphatic carbocycles. The first-order valence-electron chi connectivity index (χ1n) is 7.80. The van der Waals surface area contributed by atoms with Crippen LogP contribution in [0.5, 0.6) is 0 Å². The number of benzene rings is 1. The van der Waals surface area contributed by atoms with E-state index in [0.29, 0.717) is 0 Å². The molecule has 0 radical (unpaired) electrons. The van der Waals surface area contributed by atoms with E-state index < -0.39 is 35.1 Å². The monoisotopic (exact) mass is 340 g/mol. The van der Waals surface area contributed by atoms with E-state index in [1.807, 2.05) is 0 Å². The molecule has 2 unspecified atom stereocenters. The Bertz CT molecular complexity index is 643. The van der Waals surface area contributed by atoms with Crippen LogP contribution in [0.4, 0.5) is 8.78 Å². The van der Waals surface area contributed by atoms with Crippen molar-refractivity contribution in [3.8, 4) is 0 Å². The number of aliphatic hydroxyl groups excluding tert-OH is 1. The van der Waals surface area contributed by atoms with E-state index in [0.717, 1.165) is 18.2 Å². The smallest absolute Gasteiger partial charge is 0.242 e. The fourth-order valence-electron chi connectivity index (χ4n) is 2.68. The van der Waals surface area contributed by atoms with Crippen molar-refractivity contribution >= 4 is 11.8 Å². The summed E-state index contributed by atoms with van der Waals surface area (Å²) < 4.78 is 27.4. The molecule has 0 saturated carbocycles. The average molecular weight is 340 g/mol. The fourth-order valence-corrected chi connectivity index (χ4v) is 2.68. The topological polar surface area (TPSA) is 69.6 Å². The number of likely N-dealkylation sites (tertiary alicyclic amines) is 1. The lowest BCUT2D eigenvalue weighted by molar-refractivity contribution is -0.136. The summed E-state index contributed by atoms with van der Waals surface area (Å²) in [4.78, 5) is 25.5. The van der Waals surface area contributed by atoms with Gasteiger partial charge in [-0.15, -0.1) is 0 Å². The highest BCUT2D eigenvalue weighted by Crippen LogP contribution is 2.34. The van der Waals surface area contributed by atoms with Gasteiger partial charge >= 0.3 is 0 Å². The molecule has 24 heavy (non-hydrogen) atoms. The predicted molar refractivity (Wildman–Crippen MR) is 83.9 cm³/mol. The third kappa shape index (κ3) is 4.08. The van der Waals surface area contributed by atoms with Gasteiger partial charge in [0.2, 0.25) is 11.8 Å². The zero-order valence-electron chi connectivity index (χ0n) is 14.0. The molecule has 0 aromatic heterocycles. The number of nitrogens with zero attached hydrogens (tertiary/aromatic N) is 1. The lowest BCUT2D eigenvalue weighted by Gasteiger charge is -2.26. The molecular formula is C17H22F2N2O3. The normalized spacial score (nSPS) is 21.0. The molecule has 2 atom stereocenters. The van der Waals surface area contributed by atoms with Gasteiger partial charge in [-0.1, -0.05) is 20.8 Å². The van der Waals surface area contributed by atoms with Crippen LogP contribution in [0.1, 0.15) is 38.8 Å². The first-order chi connectivity index (χ1) is 11.1. The predicted octanol–water partition coefficient (Wildman–Crippen LogP) is 1.76. The second kappa shape index (κ2) is 6.84. The second-order valence-corrected chi connectivity index (χ2v) is 7.05. The third-order valence-corrected chi connectivity index (χ3v) is 4.00. The van der Waals surface area contributed by atoms with Crippen LogP contribution in [0.15, 0.2) is 18.2 Å². The van der Waals surface area contributed by atoms with Crippen LogP contribution in [0.25, 0.3) is 0 Å². The van der Waals surface area contributed by atoms with Crippen LogP contribution in [0, 0.1) is 17.0 Å². The van der Waals surface area contributed by atoms with Gasteiger partial charge in [-0.2, -0.15) is 0 Å². The Hall–Kier alpha value is -2.02. The SMILES string of the molecule is CC(C)(C)C(=O)NCC(=O)N1CC(O)CC1c1cc(F)ccc1F. The summed E-state index contributed by atoms with van der Waals surface area (Å²) in [5.41, 5.74) is -0.610. The summed E-state index contributed by atoms with van der Waals surface area (Å²) in [6.07, 6.45) is -0.695. The van der Waals surface area contributed by atoms with Crippen molar-refractivity contribution in [2.75, 3.05) is 13.1 Å². The van der Waals surface area contributed by atoms with Gasteiger partial charge in [0, 0.05) is 17.5 Å². The van der Waals surface area contributed by atoms with Gasteiger partial charge in [-0.3, -0.25) is 9.59 Å². The largest absolute Gasteiger partial charge is 0.391 e. The molecule has 7 heteroatoms. The van der Waals surface area contributed by atoms with Crippen molar-refractivity contribution in [3.63, 3.8) is 0 Å². The Morgan fingerprint density at radius 1 is 1.33 bits per heavy atom. The molecule has 2 N–H and O–H groups in total. The summed E-state index contributed by atoms with van der Waals surface area (Å²) in [6.45, 7) is 4.92. The maximum Gasteiger partial charge on any atom is 0.242 e. The van der Waals surface area contributed by atoms with Crippen LogP contribution in [-0.4, -0.2) is 41.0 Å². The summed E-state index contributed by atoms with van der Waals surface area (Å²) in [5.74, 6) is -1.98. The number of halogens is 2. The maximum atomic E-state index is 14.0. The van der Waals surface area contributed by atoms with E-state index in [9.17, 15) is 23.5 Å². The van der Waals surface area contributed by atoms with Crippen LogP contribution in [0.2, 0.25) is 0 Å². The van der Waals surface area contributed by atoms with Gasteiger partial charge < -0.3 is 15.3 Å². The quantitative estimate of drug-likeness (QED) is 0.881. The Morgan fingerprint density at radius 2 is 2.00 bits per heavy atom. The Balaban J connectivity index is 2.14. The number of hydrogen-bond acceptors (Lipinski definition) is 3. The number of aliphatic hydroxyl groups is 1. The van der Waals surface area contributed by atoms with E-state index in [1.54, 1.807) is 20.8 Å². The summed E-state index contributed by atoms with van der Waals surface area (Å²) in [6, 6.07) is 2.28. The molecule has 1 aliphatic heterocycles. The third-order valence-electron chi connectivity index (χ3n) is 4.00. The molecule has 2 rings (SSSR count). The van der Waals surface area contributed by atoms with Gasteiger partial charge in [-0.25, -0.2) is 8.78 Å². The molecule has 1 heterocycles. The van der Waals surface area contributed by atoms with Gasteiger partial charge in [0.25, 0.3) is 0 Å². The molecule has 132 valence electrons. The van der Waals surface area contributed by atoms with Gasteiger partial charge in [0.15, 0.2) is 0 Å². The van der Waals surface area contributed by atoms with Crippen molar-refractivity contribution in [1.82, 2.24) is 10.2 Å². The molecule has 1 aromatic rings. The Morgan fingerprint density at radius 3 is 2.62 bits per heavy atom. The fraction of sp³-hybridized carbons (Fsp3) is 0.529. The molecule has 2 amide bonds. The lowest BCUT2D eigenvalue weighted by atomic mass is 9.96. The van der Waals surface area contributed by atoms with Gasteiger partial charge in [0.05, 0.1) is 18.7 Å². The minimum Gasteiger partial charge on any atom is -0.391 e. The standard InChI is InChI=1S/C17H22F2N2O3/c1-17(2,3)16(24)20-8-15(23)21-9-11(22)7-14(21)12-6-10(18)4-5-13(12)19/h4-6,11,14,22H,7-9H2,1-3H3,(H,20,24). The van der Waals surface area contributed by atoms with Crippen molar-refractivity contribution < 1.29 is 23.5 Å². The molecule has 5 nitrogen and oxygen atoms in total. The Labute approximate surface area is 139 Å². The van der Waals surface area contributed by atoms with Crippen LogP contribution >= 0.6 is 0 Å². The molecule has 1 fully saturated rings. The average Bonchev–Trinajstić information content (AvgIpc) is 2.87. The second-order valence-electron chi connectivity index (χ2n) is 7.05. The Kier molecular flexibility index (Phi) is 5.22. The van der Waals surface area contributed by atoms with Crippen LogP contribution in [-0.2, 0) is 9.59 Å². The zero-order chi connectivity index (χ0) is 18.1. The molecule has 1 aromatic carbocycles. The number of β-amino-alcohol motifs (C(OH)–C–C–N with tert-alkyl or cyclic N) is 1. The number of amides is 2. The van der Waals surface area contributed by atoms with Crippen molar-refractivity contribution in [2.24, 2.45) is 5.41 Å². The minimum absolute atomic E-state index is 0.0187. The van der Waals surface area contributed by atoms with Crippen LogP contribution < -0.4 is 5.32 Å². The summed E-state index contributed by atoms with van der Waals surface area (Å²) in [7, 11) is 0. The zero-order valence-corrected chi connectivity index (χ0v) is 14.0. The van der Waals surface area contributed by atoms with E-state index >= 15 is 0 Å². The highest BCUT2D eigenvalue weighted by molar-refractivity contribution is 5.87. The summed E-state index contributed by atoms with van der Waals surface area (Å²) >= 11 is 0. The molecule has 1 aliphatic rings. The maximum absolute atomic E-state index is 14.0. The van der Waals surface area contributed by atoms with Gasteiger partial charge in [-0.05, 0) is 24.6 Å². The van der Waals surface area contributed by atoms with Gasteiger partial charge in [0.1, 0.15) is 11.6 Å². The van der Waals surface area contributed by atoms with Crippen molar-refractivity contribution in [1.29, 1.82) is 0 Å². The number of nitrogens with one attached hydrogen (secondary N) is 1. The van der Waals surface area contributed by atoms with E-state index in [-0.39, 0.29) is 31.0 Å². The van der Waals surface area contributed by atoms with Crippen molar-refractivity contribution in [3.05, 3.63) is 35.4 Å². The first kappa shape index (κ1) is 18.3. The minimum atomic E-state index is -0.820. The highest BCUT2D eigenvalue weighted by atomic mass is 19.1. The summed E-state index contributed by atoms with van der Waals surface area (Å²) in [5, 5.41) is 12.4. The molecule has 0 bridgehead atoms. The number of carbonyl (C=O) groups excluding carboxylic acids is 2. The first-order valence-corrected chi connectivity index (χ1v) is 7.80. The lowest BCUT2D eigenvalue weighted by Crippen LogP contribution is -2.43. The van der Waals surface area contributed by atoms with E-state index in [1.165, 1.54) is 4.90 Å². The van der Waals surface area contributed by atoms with E-state index in [4.69, 9.17) is 0 Å². The highest BCUT2D eigenvalue weighted by Gasteiger charge is 2.37. The molecule has 0 spiro atoms.